The molecule has 27 heavy (non-hydrogen) atoms. The Bertz CT molecular complexity index is 866. The highest BCUT2D eigenvalue weighted by Crippen LogP contribution is 2.17. The Hall–Kier alpha value is -2.67. The molecule has 0 atom stereocenters. The van der Waals surface area contributed by atoms with Crippen molar-refractivity contribution in [2.45, 2.75) is 39.4 Å². The summed E-state index contributed by atoms with van der Waals surface area (Å²) in [6.07, 6.45) is 3.78. The van der Waals surface area contributed by atoms with Gasteiger partial charge in [0.1, 0.15) is 5.01 Å². The van der Waals surface area contributed by atoms with Gasteiger partial charge in [0.25, 0.3) is 0 Å². The molecule has 0 amide bonds. The van der Waals surface area contributed by atoms with Crippen molar-refractivity contribution in [1.82, 2.24) is 25.4 Å². The molecule has 0 aliphatic rings. The summed E-state index contributed by atoms with van der Waals surface area (Å²) in [5, 5.41) is 14.2. The number of hydrogen-bond acceptors (Lipinski definition) is 4. The van der Waals surface area contributed by atoms with Crippen LogP contribution in [0.25, 0.3) is 0 Å². The smallest absolute Gasteiger partial charge is 0.191 e. The number of rotatable bonds is 7. The summed E-state index contributed by atoms with van der Waals surface area (Å²) in [6, 6.07) is 10.3. The van der Waals surface area contributed by atoms with Gasteiger partial charge in [-0.1, -0.05) is 38.1 Å². The summed E-state index contributed by atoms with van der Waals surface area (Å²) < 4.78 is 1.93. The van der Waals surface area contributed by atoms with Gasteiger partial charge in [0.05, 0.1) is 18.8 Å². The van der Waals surface area contributed by atoms with Crippen LogP contribution in [-0.2, 0) is 19.6 Å². The first-order valence-corrected chi connectivity index (χ1v) is 9.96. The zero-order valence-electron chi connectivity index (χ0n) is 16.0. The fourth-order valence-corrected chi connectivity index (χ4v) is 3.58. The van der Waals surface area contributed by atoms with Crippen LogP contribution in [0.3, 0.4) is 0 Å². The van der Waals surface area contributed by atoms with Crippen molar-refractivity contribution in [3.05, 3.63) is 69.9 Å². The zero-order valence-corrected chi connectivity index (χ0v) is 16.8. The molecule has 6 nitrogen and oxygen atoms in total. The number of hydrogen-bond donors (Lipinski definition) is 2. The predicted molar refractivity (Wildman–Crippen MR) is 111 cm³/mol. The molecule has 3 rings (SSSR count). The first kappa shape index (κ1) is 19.1. The molecule has 0 spiro atoms. The summed E-state index contributed by atoms with van der Waals surface area (Å²) in [6.45, 7) is 6.45. The lowest BCUT2D eigenvalue weighted by Gasteiger charge is -2.14. The molecule has 0 bridgehead atoms. The van der Waals surface area contributed by atoms with E-state index in [1.807, 2.05) is 16.9 Å². The maximum absolute atomic E-state index is 4.65. The standard InChI is InChI=1S/C20H26N6S/c1-15(2)18-14-27-19(25-18)12-23-20(21-3)22-11-16-7-4-5-8-17(16)13-26-10-6-9-24-26/h4-10,14-15H,11-13H2,1-3H3,(H2,21,22,23). The van der Waals surface area contributed by atoms with Crippen molar-refractivity contribution < 1.29 is 0 Å². The van der Waals surface area contributed by atoms with Crippen LogP contribution in [-0.4, -0.2) is 27.8 Å². The lowest BCUT2D eigenvalue weighted by Crippen LogP contribution is -2.36. The second-order valence-corrected chi connectivity index (χ2v) is 7.52. The molecular formula is C20H26N6S. The number of guanidine groups is 1. The van der Waals surface area contributed by atoms with Crippen LogP contribution in [0.1, 0.15) is 41.6 Å². The lowest BCUT2D eigenvalue weighted by molar-refractivity contribution is 0.677. The van der Waals surface area contributed by atoms with Crippen molar-refractivity contribution in [3.8, 4) is 0 Å². The van der Waals surface area contributed by atoms with Crippen LogP contribution in [0.4, 0.5) is 0 Å². The Morgan fingerprint density at radius 2 is 1.93 bits per heavy atom. The fourth-order valence-electron chi connectivity index (χ4n) is 2.68. The third-order valence-corrected chi connectivity index (χ3v) is 5.11. The van der Waals surface area contributed by atoms with Crippen LogP contribution >= 0.6 is 11.3 Å². The fraction of sp³-hybridized carbons (Fsp3) is 0.350. The predicted octanol–water partition coefficient (Wildman–Crippen LogP) is 3.38. The molecule has 0 unspecified atom stereocenters. The van der Waals surface area contributed by atoms with E-state index in [0.717, 1.165) is 23.2 Å². The minimum atomic E-state index is 0.457. The second-order valence-electron chi connectivity index (χ2n) is 6.57. The molecule has 0 aliphatic heterocycles. The number of thiazole rings is 1. The van der Waals surface area contributed by atoms with Gasteiger partial charge in [-0.15, -0.1) is 11.3 Å². The Morgan fingerprint density at radius 1 is 1.15 bits per heavy atom. The molecular weight excluding hydrogens is 356 g/mol. The number of nitrogens with zero attached hydrogens (tertiary/aromatic N) is 4. The van der Waals surface area contributed by atoms with E-state index in [4.69, 9.17) is 0 Å². The van der Waals surface area contributed by atoms with Gasteiger partial charge in [0.15, 0.2) is 5.96 Å². The van der Waals surface area contributed by atoms with Crippen molar-refractivity contribution in [1.29, 1.82) is 0 Å². The van der Waals surface area contributed by atoms with Gasteiger partial charge in [-0.3, -0.25) is 9.67 Å². The average Bonchev–Trinajstić information content (AvgIpc) is 3.35. The van der Waals surface area contributed by atoms with E-state index in [2.05, 4.69) is 69.2 Å². The van der Waals surface area contributed by atoms with Crippen molar-refractivity contribution in [2.75, 3.05) is 7.05 Å². The van der Waals surface area contributed by atoms with Gasteiger partial charge >= 0.3 is 0 Å². The summed E-state index contributed by atoms with van der Waals surface area (Å²) >= 11 is 1.68. The molecule has 0 aliphatic carbocycles. The van der Waals surface area contributed by atoms with Crippen LogP contribution < -0.4 is 10.6 Å². The third-order valence-electron chi connectivity index (χ3n) is 4.25. The highest BCUT2D eigenvalue weighted by atomic mass is 32.1. The minimum absolute atomic E-state index is 0.457. The van der Waals surface area contributed by atoms with E-state index in [1.165, 1.54) is 11.1 Å². The van der Waals surface area contributed by atoms with Gasteiger partial charge < -0.3 is 10.6 Å². The molecule has 1 aromatic carbocycles. The van der Waals surface area contributed by atoms with Crippen molar-refractivity contribution in [3.63, 3.8) is 0 Å². The number of nitrogens with one attached hydrogen (secondary N) is 2. The third kappa shape index (κ3) is 5.40. The highest BCUT2D eigenvalue weighted by Gasteiger charge is 2.07. The Labute approximate surface area is 164 Å². The molecule has 2 heterocycles. The first-order valence-electron chi connectivity index (χ1n) is 9.08. The van der Waals surface area contributed by atoms with Gasteiger partial charge in [0, 0.05) is 31.4 Å². The number of aliphatic imine (C=N–C) groups is 1. The number of aromatic nitrogens is 3. The van der Waals surface area contributed by atoms with E-state index in [9.17, 15) is 0 Å². The van der Waals surface area contributed by atoms with Crippen LogP contribution in [0.15, 0.2) is 53.1 Å². The minimum Gasteiger partial charge on any atom is -0.352 e. The number of benzene rings is 1. The Balaban J connectivity index is 1.56. The van der Waals surface area contributed by atoms with E-state index in [1.54, 1.807) is 24.6 Å². The van der Waals surface area contributed by atoms with E-state index >= 15 is 0 Å². The maximum Gasteiger partial charge on any atom is 0.191 e. The first-order chi connectivity index (χ1) is 13.2. The molecule has 0 saturated heterocycles. The molecule has 2 aromatic heterocycles. The van der Waals surface area contributed by atoms with E-state index < -0.39 is 0 Å². The molecule has 2 N–H and O–H groups in total. The quantitative estimate of drug-likeness (QED) is 0.486. The summed E-state index contributed by atoms with van der Waals surface area (Å²) in [5.41, 5.74) is 3.62. The normalized spacial score (nSPS) is 11.8. The Kier molecular flexibility index (Phi) is 6.59. The van der Waals surface area contributed by atoms with E-state index in [0.29, 0.717) is 19.0 Å². The van der Waals surface area contributed by atoms with Crippen molar-refractivity contribution in [2.24, 2.45) is 4.99 Å². The summed E-state index contributed by atoms with van der Waals surface area (Å²) in [7, 11) is 1.78. The van der Waals surface area contributed by atoms with Crippen LogP contribution in [0, 0.1) is 0 Å². The highest BCUT2D eigenvalue weighted by molar-refractivity contribution is 7.09. The van der Waals surface area contributed by atoms with Gasteiger partial charge in [-0.05, 0) is 23.1 Å². The summed E-state index contributed by atoms with van der Waals surface area (Å²) in [4.78, 5) is 8.97. The molecule has 142 valence electrons. The van der Waals surface area contributed by atoms with Gasteiger partial charge in [0.2, 0.25) is 0 Å². The topological polar surface area (TPSA) is 67.1 Å². The van der Waals surface area contributed by atoms with Crippen molar-refractivity contribution >= 4 is 17.3 Å². The largest absolute Gasteiger partial charge is 0.352 e. The molecule has 0 radical (unpaired) electrons. The monoisotopic (exact) mass is 382 g/mol. The van der Waals surface area contributed by atoms with Crippen LogP contribution in [0.2, 0.25) is 0 Å². The Morgan fingerprint density at radius 3 is 2.59 bits per heavy atom. The zero-order chi connectivity index (χ0) is 19.1. The molecule has 0 fully saturated rings. The second kappa shape index (κ2) is 9.32. The van der Waals surface area contributed by atoms with Gasteiger partial charge in [-0.25, -0.2) is 4.98 Å². The summed E-state index contributed by atoms with van der Waals surface area (Å²) in [5.74, 6) is 1.23. The molecule has 7 heteroatoms. The average molecular weight is 383 g/mol. The maximum atomic E-state index is 4.65. The van der Waals surface area contributed by atoms with E-state index in [-0.39, 0.29) is 0 Å². The SMILES string of the molecule is CN=C(NCc1nc(C(C)C)cs1)NCc1ccccc1Cn1cccn1. The lowest BCUT2D eigenvalue weighted by atomic mass is 10.1. The molecule has 0 saturated carbocycles. The molecule has 3 aromatic rings. The van der Waals surface area contributed by atoms with Crippen LogP contribution in [0.5, 0.6) is 0 Å². The van der Waals surface area contributed by atoms with Gasteiger partial charge in [-0.2, -0.15) is 5.10 Å².